The third kappa shape index (κ3) is 3.95. The number of carbonyl (C=O) groups is 2. The average Bonchev–Trinajstić information content (AvgIpc) is 2.37. The van der Waals surface area contributed by atoms with Crippen LogP contribution in [0.25, 0.3) is 0 Å². The topological polar surface area (TPSA) is 71.1 Å². The molecule has 120 valence electrons. The molecule has 0 spiro atoms. The first-order valence-electron chi connectivity index (χ1n) is 7.50. The first-order valence-corrected chi connectivity index (χ1v) is 7.50. The first kappa shape index (κ1) is 16.2. The highest BCUT2D eigenvalue weighted by molar-refractivity contribution is 5.91. The van der Waals surface area contributed by atoms with Crippen LogP contribution in [-0.4, -0.2) is 51.6 Å². The molecule has 0 aromatic rings. The zero-order valence-corrected chi connectivity index (χ0v) is 12.8. The molecule has 0 unspecified atom stereocenters. The van der Waals surface area contributed by atoms with E-state index in [0.717, 1.165) is 12.8 Å². The minimum Gasteiger partial charge on any atom is -0.464 e. The number of carbonyl (C=O) groups excluding carboxylic acids is 2. The lowest BCUT2D eigenvalue weighted by Crippen LogP contribution is -2.46. The van der Waals surface area contributed by atoms with Crippen LogP contribution in [0, 0.1) is 10.8 Å². The van der Waals surface area contributed by atoms with Crippen molar-refractivity contribution in [2.75, 3.05) is 39.6 Å². The maximum Gasteiger partial charge on any atom is 0.317 e. The predicted octanol–water partition coefficient (Wildman–Crippen LogP) is 1.32. The highest BCUT2D eigenvalue weighted by Gasteiger charge is 2.39. The molecule has 0 bridgehead atoms. The zero-order valence-electron chi connectivity index (χ0n) is 12.8. The minimum atomic E-state index is -0.532. The molecular weight excluding hydrogens is 276 g/mol. The lowest BCUT2D eigenvalue weighted by Gasteiger charge is -2.40. The molecule has 0 aromatic heterocycles. The van der Waals surface area contributed by atoms with Crippen LogP contribution in [0.5, 0.6) is 0 Å². The molecule has 21 heavy (non-hydrogen) atoms. The quantitative estimate of drug-likeness (QED) is 0.497. The van der Waals surface area contributed by atoms with Gasteiger partial charge in [0.2, 0.25) is 0 Å². The normalized spacial score (nSPS) is 21.8. The third-order valence-corrected chi connectivity index (χ3v) is 4.50. The maximum absolute atomic E-state index is 11.6. The predicted molar refractivity (Wildman–Crippen MR) is 73.6 cm³/mol. The molecule has 0 aliphatic carbocycles. The van der Waals surface area contributed by atoms with Crippen LogP contribution in [-0.2, 0) is 28.5 Å². The van der Waals surface area contributed by atoms with E-state index < -0.39 is 11.9 Å². The molecule has 6 heteroatoms. The summed E-state index contributed by atoms with van der Waals surface area (Å²) in [6, 6.07) is 0. The van der Waals surface area contributed by atoms with Gasteiger partial charge >= 0.3 is 11.9 Å². The second-order valence-corrected chi connectivity index (χ2v) is 6.19. The lowest BCUT2D eigenvalue weighted by atomic mass is 9.84. The fourth-order valence-corrected chi connectivity index (χ4v) is 2.25. The van der Waals surface area contributed by atoms with E-state index in [-0.39, 0.29) is 17.3 Å². The summed E-state index contributed by atoms with van der Waals surface area (Å²) in [5, 5.41) is 0. The van der Waals surface area contributed by atoms with Crippen LogP contribution < -0.4 is 0 Å². The number of rotatable bonds is 8. The van der Waals surface area contributed by atoms with E-state index >= 15 is 0 Å². The minimum absolute atomic E-state index is 0.0604. The molecule has 2 aliphatic rings. The average molecular weight is 300 g/mol. The van der Waals surface area contributed by atoms with E-state index in [0.29, 0.717) is 39.6 Å². The highest BCUT2D eigenvalue weighted by atomic mass is 16.6. The summed E-state index contributed by atoms with van der Waals surface area (Å²) in [5.41, 5.74) is -0.121. The fourth-order valence-electron chi connectivity index (χ4n) is 2.25. The summed E-state index contributed by atoms with van der Waals surface area (Å²) >= 11 is 0. The molecular formula is C15H24O6. The largest absolute Gasteiger partial charge is 0.464 e. The number of hydrogen-bond donors (Lipinski definition) is 0. The van der Waals surface area contributed by atoms with Gasteiger partial charge < -0.3 is 18.9 Å². The molecule has 2 saturated heterocycles. The first-order chi connectivity index (χ1) is 10.0. The number of hydrogen-bond acceptors (Lipinski definition) is 6. The van der Waals surface area contributed by atoms with Crippen LogP contribution >= 0.6 is 0 Å². The van der Waals surface area contributed by atoms with Crippen LogP contribution in [0.4, 0.5) is 0 Å². The van der Waals surface area contributed by atoms with Crippen molar-refractivity contribution in [3.05, 3.63) is 0 Å². The Balaban J connectivity index is 1.64. The molecule has 0 saturated carbocycles. The summed E-state index contributed by atoms with van der Waals surface area (Å²) in [7, 11) is 0. The standard InChI is InChI=1S/C15H24O6/c1-3-14(6-18-7-14)10-20-12(16)5-13(17)21-11-15(4-2)8-19-9-15/h3-11H2,1-2H3. The molecule has 2 rings (SSSR count). The van der Waals surface area contributed by atoms with Gasteiger partial charge in [0.15, 0.2) is 0 Å². The monoisotopic (exact) mass is 300 g/mol. The Morgan fingerprint density at radius 2 is 1.24 bits per heavy atom. The molecule has 0 N–H and O–H groups in total. The van der Waals surface area contributed by atoms with Crippen molar-refractivity contribution in [1.29, 1.82) is 0 Å². The van der Waals surface area contributed by atoms with Gasteiger partial charge in [-0.15, -0.1) is 0 Å². The van der Waals surface area contributed by atoms with Gasteiger partial charge in [0.1, 0.15) is 19.6 Å². The van der Waals surface area contributed by atoms with Crippen molar-refractivity contribution in [1.82, 2.24) is 0 Å². The maximum atomic E-state index is 11.6. The van der Waals surface area contributed by atoms with Crippen LogP contribution in [0.2, 0.25) is 0 Å². The van der Waals surface area contributed by atoms with Gasteiger partial charge in [-0.25, -0.2) is 0 Å². The zero-order chi connectivity index (χ0) is 15.3. The van der Waals surface area contributed by atoms with Gasteiger partial charge in [0.05, 0.1) is 37.3 Å². The van der Waals surface area contributed by atoms with E-state index in [9.17, 15) is 9.59 Å². The molecule has 2 heterocycles. The van der Waals surface area contributed by atoms with E-state index in [1.165, 1.54) is 0 Å². The Labute approximate surface area is 125 Å². The van der Waals surface area contributed by atoms with E-state index in [4.69, 9.17) is 18.9 Å². The lowest BCUT2D eigenvalue weighted by molar-refractivity contribution is -0.178. The Morgan fingerprint density at radius 1 is 0.857 bits per heavy atom. The van der Waals surface area contributed by atoms with Crippen LogP contribution in [0.3, 0.4) is 0 Å². The van der Waals surface area contributed by atoms with E-state index in [1.54, 1.807) is 0 Å². The molecule has 0 aromatic carbocycles. The van der Waals surface area contributed by atoms with E-state index in [1.807, 2.05) is 13.8 Å². The molecule has 0 radical (unpaired) electrons. The van der Waals surface area contributed by atoms with Crippen molar-refractivity contribution < 1.29 is 28.5 Å². The van der Waals surface area contributed by atoms with Crippen LogP contribution in [0.15, 0.2) is 0 Å². The summed E-state index contributed by atoms with van der Waals surface area (Å²) in [6.45, 7) is 7.14. The molecule has 0 atom stereocenters. The van der Waals surface area contributed by atoms with Gasteiger partial charge in [-0.1, -0.05) is 13.8 Å². The van der Waals surface area contributed by atoms with E-state index in [2.05, 4.69) is 0 Å². The third-order valence-electron chi connectivity index (χ3n) is 4.50. The van der Waals surface area contributed by atoms with Gasteiger partial charge in [-0.05, 0) is 12.8 Å². The van der Waals surface area contributed by atoms with Gasteiger partial charge in [-0.2, -0.15) is 0 Å². The van der Waals surface area contributed by atoms with Crippen molar-refractivity contribution in [3.8, 4) is 0 Å². The summed E-state index contributed by atoms with van der Waals surface area (Å²) in [4.78, 5) is 23.3. The second kappa shape index (κ2) is 6.75. The smallest absolute Gasteiger partial charge is 0.317 e. The van der Waals surface area contributed by atoms with Crippen molar-refractivity contribution >= 4 is 11.9 Å². The number of esters is 2. The molecule has 6 nitrogen and oxygen atoms in total. The van der Waals surface area contributed by atoms with Gasteiger partial charge in [0.25, 0.3) is 0 Å². The SMILES string of the molecule is CCC1(COC(=O)CC(=O)OCC2(CC)COC2)COC1. The molecule has 2 fully saturated rings. The summed E-state index contributed by atoms with van der Waals surface area (Å²) in [5.74, 6) is -1.06. The van der Waals surface area contributed by atoms with Crippen molar-refractivity contribution in [2.45, 2.75) is 33.1 Å². The van der Waals surface area contributed by atoms with Crippen molar-refractivity contribution in [3.63, 3.8) is 0 Å². The Bertz CT molecular complexity index is 337. The van der Waals surface area contributed by atoms with Crippen molar-refractivity contribution in [2.24, 2.45) is 10.8 Å². The Hall–Kier alpha value is -1.14. The van der Waals surface area contributed by atoms with Crippen LogP contribution in [0.1, 0.15) is 33.1 Å². The molecule has 2 aliphatic heterocycles. The van der Waals surface area contributed by atoms with Gasteiger partial charge in [0, 0.05) is 0 Å². The second-order valence-electron chi connectivity index (χ2n) is 6.19. The summed E-state index contributed by atoms with van der Waals surface area (Å²) in [6.07, 6.45) is 1.45. The number of ether oxygens (including phenoxy) is 4. The fraction of sp³-hybridized carbons (Fsp3) is 0.867. The molecule has 0 amide bonds. The highest BCUT2D eigenvalue weighted by Crippen LogP contribution is 2.32. The van der Waals surface area contributed by atoms with Gasteiger partial charge in [-0.3, -0.25) is 9.59 Å². The Kier molecular flexibility index (Phi) is 5.22. The summed E-state index contributed by atoms with van der Waals surface area (Å²) < 4.78 is 20.6. The Morgan fingerprint density at radius 3 is 1.48 bits per heavy atom.